The first kappa shape index (κ1) is 14.0. The number of ketones is 1. The van der Waals surface area contributed by atoms with Crippen molar-refractivity contribution in [3.63, 3.8) is 0 Å². The van der Waals surface area contributed by atoms with E-state index in [1.165, 1.54) is 19.3 Å². The number of Topliss-reactive ketones (excluding diaryl/α,β-unsaturated/α-hetero) is 1. The van der Waals surface area contributed by atoms with E-state index < -0.39 is 0 Å². The van der Waals surface area contributed by atoms with Gasteiger partial charge >= 0.3 is 0 Å². The summed E-state index contributed by atoms with van der Waals surface area (Å²) in [4.78, 5) is 12.4. The highest BCUT2D eigenvalue weighted by Gasteiger charge is 2.59. The van der Waals surface area contributed by atoms with Gasteiger partial charge in [-0.3, -0.25) is 4.79 Å². The van der Waals surface area contributed by atoms with E-state index >= 15 is 0 Å². The zero-order chi connectivity index (χ0) is 14.8. The Morgan fingerprint density at radius 2 is 1.95 bits per heavy atom. The van der Waals surface area contributed by atoms with Gasteiger partial charge in [0.2, 0.25) is 0 Å². The van der Waals surface area contributed by atoms with Crippen molar-refractivity contribution in [3.05, 3.63) is 12.2 Å². The molecule has 0 aromatic carbocycles. The lowest BCUT2D eigenvalue weighted by Gasteiger charge is -2.58. The third-order valence-electron chi connectivity index (χ3n) is 7.88. The molecule has 0 spiro atoms. The number of aliphatic hydroxyl groups excluding tert-OH is 1. The van der Waals surface area contributed by atoms with Gasteiger partial charge in [0.1, 0.15) is 5.78 Å². The molecule has 3 fully saturated rings. The van der Waals surface area contributed by atoms with Crippen molar-refractivity contribution < 1.29 is 9.90 Å². The second-order valence-corrected chi connectivity index (χ2v) is 8.60. The number of hydrogen-bond acceptors (Lipinski definition) is 2. The minimum atomic E-state index is -0.235. The summed E-state index contributed by atoms with van der Waals surface area (Å²) in [7, 11) is 0. The average molecular weight is 288 g/mol. The maximum atomic E-state index is 12.4. The van der Waals surface area contributed by atoms with Crippen molar-refractivity contribution in [2.75, 3.05) is 0 Å². The molecule has 21 heavy (non-hydrogen) atoms. The number of rotatable bonds is 0. The normalized spacial score (nSPS) is 55.8. The average Bonchev–Trinajstić information content (AvgIpc) is 2.76. The molecule has 0 aromatic heterocycles. The SMILES string of the molecule is C[C@]12C=C[C@H](O)C[C@@H]1CC[C@@H]1[C@H]2CC[C@]2(C)C(=O)CC[C@@H]12. The Hall–Kier alpha value is -0.630. The van der Waals surface area contributed by atoms with E-state index in [2.05, 4.69) is 19.9 Å². The first-order chi connectivity index (χ1) is 9.95. The lowest BCUT2D eigenvalue weighted by Crippen LogP contribution is -2.52. The van der Waals surface area contributed by atoms with E-state index in [1.54, 1.807) is 0 Å². The third kappa shape index (κ3) is 1.78. The Morgan fingerprint density at radius 1 is 1.14 bits per heavy atom. The van der Waals surface area contributed by atoms with E-state index in [1.807, 2.05) is 6.08 Å². The summed E-state index contributed by atoms with van der Waals surface area (Å²) in [5.74, 6) is 3.26. The van der Waals surface area contributed by atoms with Gasteiger partial charge in [-0.15, -0.1) is 0 Å². The molecule has 4 aliphatic rings. The van der Waals surface area contributed by atoms with Gasteiger partial charge in [-0.25, -0.2) is 0 Å². The Kier molecular flexibility index (Phi) is 2.96. The van der Waals surface area contributed by atoms with E-state index in [9.17, 15) is 9.90 Å². The number of fused-ring (bicyclic) bond motifs is 5. The van der Waals surface area contributed by atoms with Crippen LogP contribution in [-0.2, 0) is 4.79 Å². The van der Waals surface area contributed by atoms with Gasteiger partial charge in [0.05, 0.1) is 6.10 Å². The summed E-state index contributed by atoms with van der Waals surface area (Å²) in [6.07, 6.45) is 11.8. The molecule has 0 unspecified atom stereocenters. The monoisotopic (exact) mass is 288 g/mol. The fourth-order valence-corrected chi connectivity index (χ4v) is 6.56. The molecule has 0 bridgehead atoms. The zero-order valence-electron chi connectivity index (χ0n) is 13.3. The molecule has 2 heteroatoms. The molecule has 7 atom stereocenters. The third-order valence-corrected chi connectivity index (χ3v) is 7.88. The van der Waals surface area contributed by atoms with Crippen LogP contribution in [0.4, 0.5) is 0 Å². The van der Waals surface area contributed by atoms with Gasteiger partial charge in [-0.2, -0.15) is 0 Å². The smallest absolute Gasteiger partial charge is 0.139 e. The number of carbonyl (C=O) groups is 1. The van der Waals surface area contributed by atoms with Crippen LogP contribution in [0.25, 0.3) is 0 Å². The molecule has 4 aliphatic carbocycles. The van der Waals surface area contributed by atoms with Crippen LogP contribution in [0.5, 0.6) is 0 Å². The van der Waals surface area contributed by atoms with Crippen LogP contribution in [0.1, 0.15) is 58.8 Å². The first-order valence-corrected chi connectivity index (χ1v) is 8.86. The summed E-state index contributed by atoms with van der Waals surface area (Å²) >= 11 is 0. The Balaban J connectivity index is 1.68. The van der Waals surface area contributed by atoms with Crippen LogP contribution < -0.4 is 0 Å². The summed E-state index contributed by atoms with van der Waals surface area (Å²) in [6.45, 7) is 4.68. The zero-order valence-corrected chi connectivity index (χ0v) is 13.3. The second kappa shape index (κ2) is 4.44. The van der Waals surface area contributed by atoms with Crippen molar-refractivity contribution >= 4 is 5.78 Å². The number of allylic oxidation sites excluding steroid dienone is 1. The largest absolute Gasteiger partial charge is 0.389 e. The predicted molar refractivity (Wildman–Crippen MR) is 82.6 cm³/mol. The van der Waals surface area contributed by atoms with E-state index in [-0.39, 0.29) is 16.9 Å². The molecule has 116 valence electrons. The highest BCUT2D eigenvalue weighted by atomic mass is 16.3. The highest BCUT2D eigenvalue weighted by molar-refractivity contribution is 5.87. The van der Waals surface area contributed by atoms with Gasteiger partial charge in [-0.1, -0.05) is 26.0 Å². The molecule has 0 radical (unpaired) electrons. The standard InChI is InChI=1S/C19H28O2/c1-18-9-7-13(20)11-12(18)3-4-14-15-5-6-17(21)19(15,2)10-8-16(14)18/h7,9,12-16,20H,3-6,8,10-11H2,1-2H3/t12-,13-,14-,15-,16+,18-,19-/m0/s1. The quantitative estimate of drug-likeness (QED) is 0.690. The lowest BCUT2D eigenvalue weighted by atomic mass is 9.46. The molecule has 2 nitrogen and oxygen atoms in total. The molecule has 4 rings (SSSR count). The number of carbonyl (C=O) groups excluding carboxylic acids is 1. The van der Waals surface area contributed by atoms with Crippen molar-refractivity contribution in [2.24, 2.45) is 34.5 Å². The summed E-state index contributed by atoms with van der Waals surface area (Å²) in [5, 5.41) is 9.95. The fraction of sp³-hybridized carbons (Fsp3) is 0.842. The maximum absolute atomic E-state index is 12.4. The molecule has 3 saturated carbocycles. The molecule has 0 aromatic rings. The van der Waals surface area contributed by atoms with Gasteiger partial charge in [0, 0.05) is 11.8 Å². The summed E-state index contributed by atoms with van der Waals surface area (Å²) in [5.41, 5.74) is 0.247. The second-order valence-electron chi connectivity index (χ2n) is 8.60. The molecule has 1 N–H and O–H groups in total. The van der Waals surface area contributed by atoms with Gasteiger partial charge in [-0.05, 0) is 67.6 Å². The van der Waals surface area contributed by atoms with Crippen molar-refractivity contribution in [3.8, 4) is 0 Å². The van der Waals surface area contributed by atoms with Crippen LogP contribution in [0, 0.1) is 34.5 Å². The number of aliphatic hydroxyl groups is 1. The topological polar surface area (TPSA) is 37.3 Å². The minimum absolute atomic E-state index is 0.0116. The van der Waals surface area contributed by atoms with Gasteiger partial charge < -0.3 is 5.11 Å². The van der Waals surface area contributed by atoms with Crippen molar-refractivity contribution in [2.45, 2.75) is 64.9 Å². The van der Waals surface area contributed by atoms with Crippen molar-refractivity contribution in [1.29, 1.82) is 0 Å². The molecule has 0 amide bonds. The Bertz CT molecular complexity index is 496. The Morgan fingerprint density at radius 3 is 2.76 bits per heavy atom. The van der Waals surface area contributed by atoms with Crippen LogP contribution in [0.3, 0.4) is 0 Å². The van der Waals surface area contributed by atoms with Crippen LogP contribution in [0.2, 0.25) is 0 Å². The maximum Gasteiger partial charge on any atom is 0.139 e. The highest BCUT2D eigenvalue weighted by Crippen LogP contribution is 2.64. The predicted octanol–water partition coefficient (Wildman–Crippen LogP) is 3.74. The van der Waals surface area contributed by atoms with Crippen molar-refractivity contribution in [1.82, 2.24) is 0 Å². The van der Waals surface area contributed by atoms with Gasteiger partial charge in [0.25, 0.3) is 0 Å². The molecular formula is C19H28O2. The Labute approximate surface area is 128 Å². The van der Waals surface area contributed by atoms with Crippen LogP contribution in [-0.4, -0.2) is 17.0 Å². The van der Waals surface area contributed by atoms with Crippen LogP contribution >= 0.6 is 0 Å². The van der Waals surface area contributed by atoms with E-state index in [0.29, 0.717) is 17.6 Å². The van der Waals surface area contributed by atoms with Crippen LogP contribution in [0.15, 0.2) is 12.2 Å². The first-order valence-electron chi connectivity index (χ1n) is 8.86. The molecular weight excluding hydrogens is 260 g/mol. The minimum Gasteiger partial charge on any atom is -0.389 e. The number of hydrogen-bond donors (Lipinski definition) is 1. The fourth-order valence-electron chi connectivity index (χ4n) is 6.56. The van der Waals surface area contributed by atoms with E-state index in [0.717, 1.165) is 37.5 Å². The summed E-state index contributed by atoms with van der Waals surface area (Å²) in [6, 6.07) is 0. The summed E-state index contributed by atoms with van der Waals surface area (Å²) < 4.78 is 0. The van der Waals surface area contributed by atoms with Gasteiger partial charge in [0.15, 0.2) is 0 Å². The molecule has 0 heterocycles. The molecule has 0 saturated heterocycles. The molecule has 0 aliphatic heterocycles. The van der Waals surface area contributed by atoms with E-state index in [4.69, 9.17) is 0 Å². The lowest BCUT2D eigenvalue weighted by molar-refractivity contribution is -0.134.